The largest absolute Gasteiger partial charge is 0.118 e. The van der Waals surface area contributed by atoms with Gasteiger partial charge in [0.15, 0.2) is 0 Å². The second-order valence-corrected chi connectivity index (χ2v) is 7.17. The predicted molar refractivity (Wildman–Crippen MR) is 93.4 cm³/mol. The van der Waals surface area contributed by atoms with E-state index < -0.39 is 0 Å². The topological polar surface area (TPSA) is 0 Å². The van der Waals surface area contributed by atoms with Crippen molar-refractivity contribution >= 4 is 34.0 Å². The molecule has 0 heterocycles. The number of alkyl halides is 1. The normalized spacial score (nSPS) is 18.0. The molecule has 21 heavy (non-hydrogen) atoms. The maximum absolute atomic E-state index is 6.71. The molecule has 0 radical (unpaired) electrons. The highest BCUT2D eigenvalue weighted by Crippen LogP contribution is 2.37. The summed E-state index contributed by atoms with van der Waals surface area (Å²) in [6, 6.07) is 12.4. The highest BCUT2D eigenvalue weighted by atomic mass is 35.5. The molecule has 0 nitrogen and oxygen atoms in total. The van der Waals surface area contributed by atoms with Gasteiger partial charge in [-0.3, -0.25) is 0 Å². The first-order chi connectivity index (χ1) is 10.3. The lowest BCUT2D eigenvalue weighted by Gasteiger charge is -2.23. The van der Waals surface area contributed by atoms with Crippen molar-refractivity contribution in [3.8, 4) is 0 Å². The fourth-order valence-electron chi connectivity index (χ4n) is 3.57. The van der Waals surface area contributed by atoms with Crippen LogP contribution in [-0.2, 0) is 0 Å². The zero-order valence-corrected chi connectivity index (χ0v) is 13.8. The van der Waals surface area contributed by atoms with Crippen LogP contribution in [0.1, 0.15) is 55.9 Å². The van der Waals surface area contributed by atoms with Crippen LogP contribution in [0, 0.1) is 5.92 Å². The molecule has 0 bridgehead atoms. The number of fused-ring (bicyclic) bond motifs is 1. The molecule has 0 aromatic heterocycles. The minimum atomic E-state index is 0.0918. The van der Waals surface area contributed by atoms with Crippen LogP contribution in [-0.4, -0.2) is 0 Å². The number of hydrogen-bond acceptors (Lipinski definition) is 0. The van der Waals surface area contributed by atoms with Crippen LogP contribution in [0.2, 0.25) is 5.02 Å². The molecule has 1 aliphatic carbocycles. The van der Waals surface area contributed by atoms with Crippen LogP contribution in [0.4, 0.5) is 0 Å². The molecule has 112 valence electrons. The summed E-state index contributed by atoms with van der Waals surface area (Å²) < 4.78 is 0. The Kier molecular flexibility index (Phi) is 5.08. The Morgan fingerprint density at radius 3 is 2.43 bits per heavy atom. The molecule has 1 atom stereocenters. The second kappa shape index (κ2) is 7.03. The summed E-state index contributed by atoms with van der Waals surface area (Å²) >= 11 is 13.0. The minimum absolute atomic E-state index is 0.0918. The van der Waals surface area contributed by atoms with Gasteiger partial charge in [-0.15, -0.1) is 11.6 Å². The Bertz CT molecular complexity index is 600. The van der Waals surface area contributed by atoms with Gasteiger partial charge >= 0.3 is 0 Å². The van der Waals surface area contributed by atoms with Gasteiger partial charge in [0.25, 0.3) is 0 Å². The monoisotopic (exact) mass is 320 g/mol. The first kappa shape index (κ1) is 15.2. The summed E-state index contributed by atoms with van der Waals surface area (Å²) in [5.41, 5.74) is 1.23. The van der Waals surface area contributed by atoms with Crippen LogP contribution in [0.5, 0.6) is 0 Å². The first-order valence-corrected chi connectivity index (χ1v) is 8.88. The molecule has 2 aromatic carbocycles. The smallest absolute Gasteiger partial charge is 0.0591 e. The molecule has 1 fully saturated rings. The third kappa shape index (κ3) is 3.55. The number of benzene rings is 2. The van der Waals surface area contributed by atoms with Gasteiger partial charge in [-0.05, 0) is 35.8 Å². The van der Waals surface area contributed by atoms with Gasteiger partial charge in [-0.1, -0.05) is 74.0 Å². The van der Waals surface area contributed by atoms with Crippen molar-refractivity contribution in [2.45, 2.75) is 50.3 Å². The third-order valence-electron chi connectivity index (χ3n) is 4.80. The molecule has 2 aromatic rings. The van der Waals surface area contributed by atoms with Gasteiger partial charge in [0.1, 0.15) is 0 Å². The Morgan fingerprint density at radius 2 is 1.67 bits per heavy atom. The summed E-state index contributed by atoms with van der Waals surface area (Å²) in [5, 5.41) is 3.22. The van der Waals surface area contributed by atoms with E-state index in [0.29, 0.717) is 0 Å². The fraction of sp³-hybridized carbons (Fsp3) is 0.474. The molecule has 0 N–H and O–H groups in total. The molecule has 1 unspecified atom stereocenters. The molecule has 0 spiro atoms. The van der Waals surface area contributed by atoms with E-state index >= 15 is 0 Å². The maximum Gasteiger partial charge on any atom is 0.0591 e. The van der Waals surface area contributed by atoms with Crippen LogP contribution >= 0.6 is 23.2 Å². The summed E-state index contributed by atoms with van der Waals surface area (Å²) in [7, 11) is 0. The lowest BCUT2D eigenvalue weighted by molar-refractivity contribution is 0.331. The van der Waals surface area contributed by atoms with Crippen LogP contribution in [0.15, 0.2) is 36.4 Å². The highest BCUT2D eigenvalue weighted by molar-refractivity contribution is 6.35. The van der Waals surface area contributed by atoms with Crippen molar-refractivity contribution in [1.82, 2.24) is 0 Å². The molecule has 0 aliphatic heterocycles. The summed E-state index contributed by atoms with van der Waals surface area (Å²) in [6.07, 6.45) is 9.34. The minimum Gasteiger partial charge on any atom is -0.118 e. The third-order valence-corrected chi connectivity index (χ3v) is 5.58. The van der Waals surface area contributed by atoms with E-state index in [2.05, 4.69) is 24.3 Å². The Hall–Kier alpha value is -0.720. The quantitative estimate of drug-likeness (QED) is 0.525. The number of rotatable bonds is 4. The van der Waals surface area contributed by atoms with E-state index in [0.717, 1.165) is 22.7 Å². The molecule has 2 heteroatoms. The molecular weight excluding hydrogens is 299 g/mol. The van der Waals surface area contributed by atoms with Crippen molar-refractivity contribution in [1.29, 1.82) is 0 Å². The van der Waals surface area contributed by atoms with Gasteiger partial charge in [0.2, 0.25) is 0 Å². The fourth-order valence-corrected chi connectivity index (χ4v) is 4.12. The van der Waals surface area contributed by atoms with Crippen LogP contribution in [0.3, 0.4) is 0 Å². The number of hydrogen-bond donors (Lipinski definition) is 0. The molecule has 1 saturated carbocycles. The van der Waals surface area contributed by atoms with Gasteiger partial charge < -0.3 is 0 Å². The van der Waals surface area contributed by atoms with E-state index in [1.807, 2.05) is 12.1 Å². The zero-order chi connectivity index (χ0) is 14.7. The van der Waals surface area contributed by atoms with E-state index in [1.165, 1.54) is 49.5 Å². The second-order valence-electron chi connectivity index (χ2n) is 6.23. The lowest BCUT2D eigenvalue weighted by atomic mass is 9.85. The Labute approximate surface area is 137 Å². The van der Waals surface area contributed by atoms with E-state index in [4.69, 9.17) is 23.2 Å². The van der Waals surface area contributed by atoms with E-state index in [1.54, 1.807) is 0 Å². The first-order valence-electron chi connectivity index (χ1n) is 8.07. The van der Waals surface area contributed by atoms with Gasteiger partial charge in [-0.2, -0.15) is 0 Å². The molecule has 1 aliphatic rings. The van der Waals surface area contributed by atoms with Gasteiger partial charge in [0, 0.05) is 10.4 Å². The van der Waals surface area contributed by atoms with Crippen molar-refractivity contribution in [3.05, 3.63) is 47.0 Å². The van der Waals surface area contributed by atoms with Crippen molar-refractivity contribution in [2.75, 3.05) is 0 Å². The number of halogens is 2. The predicted octanol–water partition coefficient (Wildman–Crippen LogP) is 7.13. The van der Waals surface area contributed by atoms with Gasteiger partial charge in [-0.25, -0.2) is 0 Å². The summed E-state index contributed by atoms with van der Waals surface area (Å²) in [4.78, 5) is 0. The highest BCUT2D eigenvalue weighted by Gasteiger charge is 2.17. The van der Waals surface area contributed by atoms with Crippen LogP contribution < -0.4 is 0 Å². The van der Waals surface area contributed by atoms with Gasteiger partial charge in [0.05, 0.1) is 5.38 Å². The van der Waals surface area contributed by atoms with Crippen molar-refractivity contribution < 1.29 is 0 Å². The summed E-state index contributed by atoms with van der Waals surface area (Å²) in [6.45, 7) is 0. The Morgan fingerprint density at radius 1 is 0.952 bits per heavy atom. The van der Waals surface area contributed by atoms with Crippen molar-refractivity contribution in [3.63, 3.8) is 0 Å². The summed E-state index contributed by atoms with van der Waals surface area (Å²) in [5.74, 6) is 0.888. The molecule has 3 rings (SSSR count). The Balaban J connectivity index is 1.75. The molecule has 0 saturated heterocycles. The average molecular weight is 321 g/mol. The maximum atomic E-state index is 6.71. The average Bonchev–Trinajstić information content (AvgIpc) is 2.54. The van der Waals surface area contributed by atoms with Crippen molar-refractivity contribution in [2.24, 2.45) is 5.92 Å². The zero-order valence-electron chi connectivity index (χ0n) is 12.3. The van der Waals surface area contributed by atoms with Crippen LogP contribution in [0.25, 0.3) is 10.8 Å². The van der Waals surface area contributed by atoms with E-state index in [-0.39, 0.29) is 5.38 Å². The van der Waals surface area contributed by atoms with E-state index in [9.17, 15) is 0 Å². The standard InChI is InChI=1S/C19H22Cl2/c20-18(12-10-14-6-2-1-3-7-14)17-11-13-19(21)16-9-5-4-8-15(16)17/h4-5,8-9,11,13-14,18H,1-3,6-7,10,12H2. The SMILES string of the molecule is Clc1ccc(C(Cl)CCC2CCCCC2)c2ccccc12. The lowest BCUT2D eigenvalue weighted by Crippen LogP contribution is -2.07. The molecular formula is C19H22Cl2. The molecule has 0 amide bonds.